The third-order valence-corrected chi connectivity index (χ3v) is 5.73. The molecule has 2 atom stereocenters. The van der Waals surface area contributed by atoms with E-state index < -0.39 is 5.67 Å². The van der Waals surface area contributed by atoms with Gasteiger partial charge in [-0.1, -0.05) is 54.6 Å². The van der Waals surface area contributed by atoms with Crippen LogP contribution in [0.15, 0.2) is 54.6 Å². The van der Waals surface area contributed by atoms with Crippen molar-refractivity contribution in [2.45, 2.75) is 49.9 Å². The van der Waals surface area contributed by atoms with Crippen molar-refractivity contribution < 1.29 is 14.9 Å². The summed E-state index contributed by atoms with van der Waals surface area (Å²) in [5, 5.41) is 0. The van der Waals surface area contributed by atoms with Gasteiger partial charge >= 0.3 is 0 Å². The standard InChI is InChI=1S/C22H25FN2O/c23-22(11-12-22)21(26)25-13-5-10-19(24)20(25)15-16-6-4-9-18(14-16)17-7-2-1-3-8-17/h1-4,6-9,14,19-20H,5,10-13,15,24H2/p+1. The molecule has 1 saturated carbocycles. The number of piperidine rings is 1. The average Bonchev–Trinajstić information content (AvgIpc) is 3.42. The number of quaternary nitrogens is 1. The maximum Gasteiger partial charge on any atom is 0.260 e. The number of carbonyl (C=O) groups is 1. The molecular weight excluding hydrogens is 327 g/mol. The van der Waals surface area contributed by atoms with E-state index in [9.17, 15) is 9.18 Å². The summed E-state index contributed by atoms with van der Waals surface area (Å²) in [6.07, 6.45) is 3.39. The SMILES string of the molecule is [NH3+]C1CCCN(C(=O)C2(F)CC2)C1Cc1cccc(-c2ccccc2)c1. The van der Waals surface area contributed by atoms with E-state index in [1.165, 1.54) is 16.7 Å². The molecular formula is C22H26FN2O+. The number of likely N-dealkylation sites (tertiary alicyclic amines) is 1. The summed E-state index contributed by atoms with van der Waals surface area (Å²) in [7, 11) is 0. The molecule has 136 valence electrons. The molecule has 4 heteroatoms. The molecule has 1 aliphatic carbocycles. The first-order valence-electron chi connectivity index (χ1n) is 9.54. The van der Waals surface area contributed by atoms with Gasteiger partial charge in [-0.25, -0.2) is 4.39 Å². The Kier molecular flexibility index (Phi) is 4.53. The van der Waals surface area contributed by atoms with Gasteiger partial charge in [0.15, 0.2) is 5.67 Å². The number of hydrogen-bond acceptors (Lipinski definition) is 1. The maximum absolute atomic E-state index is 14.4. The fraction of sp³-hybridized carbons (Fsp3) is 0.409. The number of carbonyl (C=O) groups excluding carboxylic acids is 1. The second kappa shape index (κ2) is 6.84. The molecule has 26 heavy (non-hydrogen) atoms. The van der Waals surface area contributed by atoms with Gasteiger partial charge in [0.05, 0.1) is 6.04 Å². The van der Waals surface area contributed by atoms with Crippen LogP contribution in [0.3, 0.4) is 0 Å². The average molecular weight is 353 g/mol. The second-order valence-corrected chi connectivity index (χ2v) is 7.70. The van der Waals surface area contributed by atoms with Crippen LogP contribution in [0.5, 0.6) is 0 Å². The molecule has 1 aliphatic heterocycles. The van der Waals surface area contributed by atoms with Gasteiger partial charge in [0, 0.05) is 13.0 Å². The molecule has 3 N–H and O–H groups in total. The number of amides is 1. The van der Waals surface area contributed by atoms with Gasteiger partial charge < -0.3 is 10.6 Å². The van der Waals surface area contributed by atoms with Crippen molar-refractivity contribution >= 4 is 5.91 Å². The molecule has 0 radical (unpaired) electrons. The van der Waals surface area contributed by atoms with Gasteiger partial charge in [0.2, 0.25) is 0 Å². The van der Waals surface area contributed by atoms with Crippen LogP contribution in [0.4, 0.5) is 4.39 Å². The lowest BCUT2D eigenvalue weighted by atomic mass is 9.90. The molecule has 2 fully saturated rings. The van der Waals surface area contributed by atoms with Gasteiger partial charge in [-0.15, -0.1) is 0 Å². The minimum absolute atomic E-state index is 0.0181. The molecule has 0 bridgehead atoms. The molecule has 3 nitrogen and oxygen atoms in total. The lowest BCUT2D eigenvalue weighted by Crippen LogP contribution is -2.73. The Bertz CT molecular complexity index is 788. The van der Waals surface area contributed by atoms with Crippen LogP contribution in [0.1, 0.15) is 31.2 Å². The zero-order valence-electron chi connectivity index (χ0n) is 15.0. The molecule has 1 amide bonds. The number of hydrogen-bond donors (Lipinski definition) is 1. The number of rotatable bonds is 4. The summed E-state index contributed by atoms with van der Waals surface area (Å²) in [5.41, 5.74) is 6.20. The lowest BCUT2D eigenvalue weighted by Gasteiger charge is -2.38. The Balaban J connectivity index is 1.57. The highest BCUT2D eigenvalue weighted by atomic mass is 19.1. The van der Waals surface area contributed by atoms with E-state index in [0.29, 0.717) is 19.4 Å². The van der Waals surface area contributed by atoms with Crippen LogP contribution in [0.2, 0.25) is 0 Å². The van der Waals surface area contributed by atoms with Gasteiger partial charge in [0.1, 0.15) is 6.04 Å². The number of halogens is 1. The highest BCUT2D eigenvalue weighted by Gasteiger charge is 2.54. The largest absolute Gasteiger partial charge is 0.353 e. The number of alkyl halides is 1. The Morgan fingerprint density at radius 3 is 2.58 bits per heavy atom. The third-order valence-electron chi connectivity index (χ3n) is 5.73. The van der Waals surface area contributed by atoms with Crippen LogP contribution in [0.25, 0.3) is 11.1 Å². The fourth-order valence-electron chi connectivity index (χ4n) is 4.00. The quantitative estimate of drug-likeness (QED) is 0.902. The van der Waals surface area contributed by atoms with E-state index in [4.69, 9.17) is 0 Å². The van der Waals surface area contributed by atoms with Gasteiger partial charge in [-0.05, 0) is 42.4 Å². The number of nitrogens with zero attached hydrogens (tertiary/aromatic N) is 1. The lowest BCUT2D eigenvalue weighted by molar-refractivity contribution is -0.436. The summed E-state index contributed by atoms with van der Waals surface area (Å²) in [4.78, 5) is 14.4. The molecule has 0 spiro atoms. The highest BCUT2D eigenvalue weighted by Crippen LogP contribution is 2.42. The van der Waals surface area contributed by atoms with Crippen molar-refractivity contribution in [3.8, 4) is 11.1 Å². The van der Waals surface area contributed by atoms with E-state index in [2.05, 4.69) is 42.1 Å². The van der Waals surface area contributed by atoms with E-state index in [1.54, 1.807) is 4.90 Å². The Morgan fingerprint density at radius 2 is 1.85 bits per heavy atom. The Morgan fingerprint density at radius 1 is 1.12 bits per heavy atom. The minimum Gasteiger partial charge on any atom is -0.353 e. The van der Waals surface area contributed by atoms with Crippen LogP contribution in [-0.4, -0.2) is 35.1 Å². The first-order valence-corrected chi connectivity index (χ1v) is 9.54. The van der Waals surface area contributed by atoms with Crippen molar-refractivity contribution in [3.05, 3.63) is 60.2 Å². The topological polar surface area (TPSA) is 48.0 Å². The van der Waals surface area contributed by atoms with Gasteiger partial charge in [-0.3, -0.25) is 4.79 Å². The Labute approximate surface area is 154 Å². The normalized spacial score (nSPS) is 24.3. The Hall–Kier alpha value is -2.20. The summed E-state index contributed by atoms with van der Waals surface area (Å²) in [6, 6.07) is 18.8. The van der Waals surface area contributed by atoms with Gasteiger partial charge in [0.25, 0.3) is 5.91 Å². The molecule has 1 heterocycles. The predicted octanol–water partition coefficient (Wildman–Crippen LogP) is 3.00. The minimum atomic E-state index is -1.60. The van der Waals surface area contributed by atoms with E-state index in [0.717, 1.165) is 19.3 Å². The van der Waals surface area contributed by atoms with E-state index in [1.807, 2.05) is 18.2 Å². The zero-order chi connectivity index (χ0) is 18.1. The smallest absolute Gasteiger partial charge is 0.260 e. The molecule has 4 rings (SSSR count). The zero-order valence-corrected chi connectivity index (χ0v) is 15.0. The van der Waals surface area contributed by atoms with Crippen LogP contribution < -0.4 is 5.73 Å². The predicted molar refractivity (Wildman–Crippen MR) is 100 cm³/mol. The van der Waals surface area contributed by atoms with Crippen LogP contribution in [-0.2, 0) is 11.2 Å². The molecule has 2 aliphatic rings. The van der Waals surface area contributed by atoms with Crippen LogP contribution >= 0.6 is 0 Å². The molecule has 2 unspecified atom stereocenters. The molecule has 2 aromatic rings. The van der Waals surface area contributed by atoms with Crippen molar-refractivity contribution in [1.29, 1.82) is 0 Å². The molecule has 1 saturated heterocycles. The molecule has 2 aromatic carbocycles. The number of benzene rings is 2. The maximum atomic E-state index is 14.4. The summed E-state index contributed by atoms with van der Waals surface area (Å²) >= 11 is 0. The van der Waals surface area contributed by atoms with E-state index in [-0.39, 0.29) is 18.0 Å². The monoisotopic (exact) mass is 353 g/mol. The first kappa shape index (κ1) is 17.2. The molecule has 0 aromatic heterocycles. The van der Waals surface area contributed by atoms with Gasteiger partial charge in [-0.2, -0.15) is 0 Å². The van der Waals surface area contributed by atoms with Crippen LogP contribution in [0, 0.1) is 0 Å². The fourth-order valence-corrected chi connectivity index (χ4v) is 4.00. The third kappa shape index (κ3) is 3.38. The summed E-state index contributed by atoms with van der Waals surface area (Å²) in [5.74, 6) is -0.310. The van der Waals surface area contributed by atoms with Crippen molar-refractivity contribution in [2.75, 3.05) is 6.54 Å². The van der Waals surface area contributed by atoms with Crippen molar-refractivity contribution in [3.63, 3.8) is 0 Å². The van der Waals surface area contributed by atoms with Crippen molar-refractivity contribution in [1.82, 2.24) is 4.90 Å². The first-order chi connectivity index (χ1) is 12.6. The van der Waals surface area contributed by atoms with E-state index >= 15 is 0 Å². The summed E-state index contributed by atoms with van der Waals surface area (Å²) < 4.78 is 14.4. The summed E-state index contributed by atoms with van der Waals surface area (Å²) in [6.45, 7) is 0.652. The highest BCUT2D eigenvalue weighted by molar-refractivity contribution is 5.88. The van der Waals surface area contributed by atoms with Crippen molar-refractivity contribution in [2.24, 2.45) is 0 Å². The second-order valence-electron chi connectivity index (χ2n) is 7.70.